The van der Waals surface area contributed by atoms with Crippen LogP contribution in [0.3, 0.4) is 0 Å². The standard InChI is InChI=1S/C21H23BrN2O/c1-11(2)19-13-6-4-5-7-16(13)23-18(19)10-14-20-12(3)15(22)8-9-17(20)24-21(14)25/h8-11,23H,4-7H2,1-3H3,(H,24,25). The molecule has 1 amide bonds. The Hall–Kier alpha value is -1.81. The van der Waals surface area contributed by atoms with Gasteiger partial charge in [-0.15, -0.1) is 0 Å². The van der Waals surface area contributed by atoms with Crippen LogP contribution in [-0.4, -0.2) is 10.9 Å². The fraction of sp³-hybridized carbons (Fsp3) is 0.381. The quantitative estimate of drug-likeness (QED) is 0.637. The summed E-state index contributed by atoms with van der Waals surface area (Å²) >= 11 is 3.59. The summed E-state index contributed by atoms with van der Waals surface area (Å²) in [5.41, 5.74) is 9.12. The number of amides is 1. The fourth-order valence-corrected chi connectivity index (χ4v) is 4.56. The van der Waals surface area contributed by atoms with Crippen LogP contribution in [0.15, 0.2) is 16.6 Å². The molecular formula is C21H23BrN2O. The number of anilines is 1. The number of rotatable bonds is 2. The number of aromatic amines is 1. The van der Waals surface area contributed by atoms with E-state index in [0.29, 0.717) is 5.92 Å². The van der Waals surface area contributed by atoms with Crippen molar-refractivity contribution < 1.29 is 4.79 Å². The van der Waals surface area contributed by atoms with Gasteiger partial charge in [-0.05, 0) is 73.4 Å². The summed E-state index contributed by atoms with van der Waals surface area (Å²) in [4.78, 5) is 16.2. The molecule has 0 spiro atoms. The summed E-state index contributed by atoms with van der Waals surface area (Å²) in [6, 6.07) is 3.96. The second-order valence-corrected chi connectivity index (χ2v) is 8.23. The Morgan fingerprint density at radius 3 is 2.72 bits per heavy atom. The van der Waals surface area contributed by atoms with Crippen LogP contribution in [0.4, 0.5) is 5.69 Å². The molecule has 1 aliphatic heterocycles. The molecule has 4 heteroatoms. The summed E-state index contributed by atoms with van der Waals surface area (Å²) in [6.45, 7) is 6.54. The lowest BCUT2D eigenvalue weighted by atomic mass is 9.89. The van der Waals surface area contributed by atoms with Gasteiger partial charge in [0.1, 0.15) is 0 Å². The van der Waals surface area contributed by atoms with E-state index in [9.17, 15) is 4.79 Å². The molecule has 0 saturated heterocycles. The maximum atomic E-state index is 12.6. The molecule has 2 heterocycles. The van der Waals surface area contributed by atoms with Gasteiger partial charge in [0.15, 0.2) is 0 Å². The summed E-state index contributed by atoms with van der Waals surface area (Å²) < 4.78 is 1.03. The van der Waals surface area contributed by atoms with Crippen LogP contribution < -0.4 is 5.32 Å². The van der Waals surface area contributed by atoms with Gasteiger partial charge in [0, 0.05) is 27.1 Å². The predicted octanol–water partition coefficient (Wildman–Crippen LogP) is 5.58. The van der Waals surface area contributed by atoms with Crippen LogP contribution in [-0.2, 0) is 17.6 Å². The molecule has 0 saturated carbocycles. The highest BCUT2D eigenvalue weighted by Crippen LogP contribution is 2.40. The molecule has 2 aromatic rings. The van der Waals surface area contributed by atoms with Crippen LogP contribution >= 0.6 is 15.9 Å². The van der Waals surface area contributed by atoms with Gasteiger partial charge in [-0.2, -0.15) is 0 Å². The van der Waals surface area contributed by atoms with Crippen molar-refractivity contribution >= 4 is 39.2 Å². The molecule has 3 nitrogen and oxygen atoms in total. The number of carbonyl (C=O) groups excluding carboxylic acids is 1. The maximum absolute atomic E-state index is 12.6. The Morgan fingerprint density at radius 2 is 1.96 bits per heavy atom. The molecule has 25 heavy (non-hydrogen) atoms. The zero-order chi connectivity index (χ0) is 17.7. The average Bonchev–Trinajstić information content (AvgIpc) is 3.09. The van der Waals surface area contributed by atoms with Crippen LogP contribution in [0, 0.1) is 6.92 Å². The molecule has 0 radical (unpaired) electrons. The largest absolute Gasteiger partial charge is 0.358 e. The first-order valence-corrected chi connectivity index (χ1v) is 9.82. The Labute approximate surface area is 157 Å². The summed E-state index contributed by atoms with van der Waals surface area (Å²) in [5.74, 6) is 0.427. The fourth-order valence-electron chi connectivity index (χ4n) is 4.23. The minimum Gasteiger partial charge on any atom is -0.358 e. The van der Waals surface area contributed by atoms with Crippen molar-refractivity contribution in [3.05, 3.63) is 50.2 Å². The van der Waals surface area contributed by atoms with Gasteiger partial charge in [-0.25, -0.2) is 0 Å². The Morgan fingerprint density at radius 1 is 1.20 bits per heavy atom. The number of halogens is 1. The van der Waals surface area contributed by atoms with Crippen LogP contribution in [0.5, 0.6) is 0 Å². The molecule has 1 aromatic heterocycles. The molecule has 4 rings (SSSR count). The van der Waals surface area contributed by atoms with E-state index in [2.05, 4.69) is 53.1 Å². The minimum absolute atomic E-state index is 0.0153. The Bertz CT molecular complexity index is 905. The maximum Gasteiger partial charge on any atom is 0.256 e. The second-order valence-electron chi connectivity index (χ2n) is 7.38. The first-order valence-electron chi connectivity index (χ1n) is 9.03. The average molecular weight is 399 g/mol. The third-order valence-electron chi connectivity index (χ3n) is 5.40. The highest BCUT2D eigenvalue weighted by atomic mass is 79.9. The van der Waals surface area contributed by atoms with E-state index in [1.165, 1.54) is 29.7 Å². The van der Waals surface area contributed by atoms with Crippen molar-refractivity contribution in [2.45, 2.75) is 52.4 Å². The Kier molecular flexibility index (Phi) is 4.11. The van der Waals surface area contributed by atoms with Gasteiger partial charge < -0.3 is 10.3 Å². The first kappa shape index (κ1) is 16.6. The van der Waals surface area contributed by atoms with Crippen LogP contribution in [0.1, 0.15) is 66.2 Å². The van der Waals surface area contributed by atoms with E-state index in [1.54, 1.807) is 0 Å². The van der Waals surface area contributed by atoms with Gasteiger partial charge in [-0.3, -0.25) is 4.79 Å². The van der Waals surface area contributed by atoms with Gasteiger partial charge in [0.25, 0.3) is 5.91 Å². The van der Waals surface area contributed by atoms with E-state index in [1.807, 2.05) is 12.1 Å². The third-order valence-corrected chi connectivity index (χ3v) is 6.25. The van der Waals surface area contributed by atoms with Crippen LogP contribution in [0.2, 0.25) is 0 Å². The van der Waals surface area contributed by atoms with Gasteiger partial charge in [0.2, 0.25) is 0 Å². The molecule has 1 aromatic carbocycles. The van der Waals surface area contributed by atoms with Gasteiger partial charge in [0.05, 0.1) is 5.57 Å². The number of carbonyl (C=O) groups is 1. The highest BCUT2D eigenvalue weighted by molar-refractivity contribution is 9.10. The number of aromatic nitrogens is 1. The van der Waals surface area contributed by atoms with Crippen molar-refractivity contribution in [1.29, 1.82) is 0 Å². The summed E-state index contributed by atoms with van der Waals surface area (Å²) in [5, 5.41) is 3.00. The topological polar surface area (TPSA) is 44.9 Å². The SMILES string of the molecule is Cc1c(Br)ccc2c1C(=Cc1[nH]c3c(c1C(C)C)CCCC3)C(=O)N2. The number of benzene rings is 1. The predicted molar refractivity (Wildman–Crippen MR) is 107 cm³/mol. The van der Waals surface area contributed by atoms with E-state index in [4.69, 9.17) is 0 Å². The van der Waals surface area contributed by atoms with Crippen molar-refractivity contribution in [1.82, 2.24) is 4.98 Å². The monoisotopic (exact) mass is 398 g/mol. The van der Waals surface area contributed by atoms with Crippen molar-refractivity contribution in [3.8, 4) is 0 Å². The van der Waals surface area contributed by atoms with Crippen LogP contribution in [0.25, 0.3) is 11.6 Å². The number of nitrogens with one attached hydrogen (secondary N) is 2. The molecule has 0 unspecified atom stereocenters. The van der Waals surface area contributed by atoms with Gasteiger partial charge >= 0.3 is 0 Å². The van der Waals surface area contributed by atoms with Crippen molar-refractivity contribution in [2.75, 3.05) is 5.32 Å². The molecule has 0 atom stereocenters. The van der Waals surface area contributed by atoms with E-state index in [0.717, 1.165) is 45.4 Å². The zero-order valence-corrected chi connectivity index (χ0v) is 16.5. The Balaban J connectivity index is 1.90. The van der Waals surface area contributed by atoms with E-state index in [-0.39, 0.29) is 5.91 Å². The molecular weight excluding hydrogens is 376 g/mol. The molecule has 0 bridgehead atoms. The zero-order valence-electron chi connectivity index (χ0n) is 14.9. The lowest BCUT2D eigenvalue weighted by molar-refractivity contribution is -0.110. The molecule has 2 N–H and O–H groups in total. The third kappa shape index (κ3) is 2.67. The number of aryl methyl sites for hydroxylation is 1. The highest BCUT2D eigenvalue weighted by Gasteiger charge is 2.28. The summed E-state index contributed by atoms with van der Waals surface area (Å²) in [6.07, 6.45) is 6.84. The van der Waals surface area contributed by atoms with Crippen molar-refractivity contribution in [3.63, 3.8) is 0 Å². The molecule has 1 aliphatic carbocycles. The van der Waals surface area contributed by atoms with E-state index < -0.39 is 0 Å². The minimum atomic E-state index is -0.0153. The smallest absolute Gasteiger partial charge is 0.256 e. The molecule has 130 valence electrons. The number of hydrogen-bond acceptors (Lipinski definition) is 1. The lowest BCUT2D eigenvalue weighted by Crippen LogP contribution is -2.04. The first-order chi connectivity index (χ1) is 12.0. The van der Waals surface area contributed by atoms with Gasteiger partial charge in [-0.1, -0.05) is 29.8 Å². The number of fused-ring (bicyclic) bond motifs is 2. The lowest BCUT2D eigenvalue weighted by Gasteiger charge is -2.14. The second kappa shape index (κ2) is 6.17. The normalized spacial score (nSPS) is 17.8. The summed E-state index contributed by atoms with van der Waals surface area (Å²) in [7, 11) is 0. The van der Waals surface area contributed by atoms with Crippen molar-refractivity contribution in [2.24, 2.45) is 0 Å². The molecule has 2 aliphatic rings. The van der Waals surface area contributed by atoms with E-state index >= 15 is 0 Å². The number of H-pyrrole nitrogens is 1. The molecule has 0 fully saturated rings. The number of hydrogen-bond donors (Lipinski definition) is 2.